The molecule has 1 aromatic heterocycles. The largest absolute Gasteiger partial charge is 0.353 e. The van der Waals surface area contributed by atoms with E-state index in [4.69, 9.17) is 0 Å². The Labute approximate surface area is 105 Å². The minimum Gasteiger partial charge on any atom is -0.353 e. The average Bonchev–Trinajstić information content (AvgIpc) is 3.01. The van der Waals surface area contributed by atoms with Crippen LogP contribution in [0.4, 0.5) is 5.95 Å². The van der Waals surface area contributed by atoms with Gasteiger partial charge >= 0.3 is 0 Å². The first-order chi connectivity index (χ1) is 8.06. The van der Waals surface area contributed by atoms with E-state index in [1.54, 1.807) is 6.26 Å². The van der Waals surface area contributed by atoms with E-state index < -0.39 is 10.8 Å². The van der Waals surface area contributed by atoms with Crippen LogP contribution in [-0.4, -0.2) is 31.8 Å². The predicted molar refractivity (Wildman–Crippen MR) is 71.9 cm³/mol. The van der Waals surface area contributed by atoms with Crippen molar-refractivity contribution in [3.8, 4) is 0 Å². The number of rotatable bonds is 6. The molecule has 1 fully saturated rings. The Kier molecular flexibility index (Phi) is 3.86. The van der Waals surface area contributed by atoms with Gasteiger partial charge in [0.15, 0.2) is 0 Å². The van der Waals surface area contributed by atoms with Crippen LogP contribution in [0, 0.1) is 6.92 Å². The van der Waals surface area contributed by atoms with Crippen molar-refractivity contribution >= 4 is 16.7 Å². The highest BCUT2D eigenvalue weighted by molar-refractivity contribution is 7.84. The van der Waals surface area contributed by atoms with Crippen molar-refractivity contribution in [1.82, 2.24) is 9.55 Å². The van der Waals surface area contributed by atoms with Crippen molar-refractivity contribution in [3.05, 3.63) is 11.9 Å². The van der Waals surface area contributed by atoms with E-state index in [1.807, 2.05) is 6.92 Å². The SMILES string of the molecule is Cc1cn(C2CC2)c(NC(C)CCS(C)=O)n1. The molecule has 17 heavy (non-hydrogen) atoms. The van der Waals surface area contributed by atoms with Crippen molar-refractivity contribution in [3.63, 3.8) is 0 Å². The van der Waals surface area contributed by atoms with Crippen LogP contribution < -0.4 is 5.32 Å². The molecular weight excluding hydrogens is 234 g/mol. The van der Waals surface area contributed by atoms with Gasteiger partial charge in [-0.1, -0.05) is 0 Å². The molecule has 4 nitrogen and oxygen atoms in total. The number of hydrogen-bond donors (Lipinski definition) is 1. The van der Waals surface area contributed by atoms with Gasteiger partial charge in [-0.15, -0.1) is 0 Å². The summed E-state index contributed by atoms with van der Waals surface area (Å²) in [6.07, 6.45) is 7.31. The first-order valence-corrected chi connectivity index (χ1v) is 7.91. The van der Waals surface area contributed by atoms with Gasteiger partial charge in [0.2, 0.25) is 5.95 Å². The van der Waals surface area contributed by atoms with Gasteiger partial charge in [0.1, 0.15) is 0 Å². The Morgan fingerprint density at radius 1 is 1.65 bits per heavy atom. The van der Waals surface area contributed by atoms with Gasteiger partial charge in [-0.25, -0.2) is 4.98 Å². The van der Waals surface area contributed by atoms with Gasteiger partial charge < -0.3 is 9.88 Å². The molecule has 1 aliphatic rings. The molecule has 0 spiro atoms. The molecule has 0 aromatic carbocycles. The third kappa shape index (κ3) is 3.56. The molecule has 1 heterocycles. The molecule has 1 aliphatic carbocycles. The molecule has 0 aliphatic heterocycles. The van der Waals surface area contributed by atoms with E-state index in [0.29, 0.717) is 12.1 Å². The molecule has 96 valence electrons. The molecule has 1 N–H and O–H groups in total. The Morgan fingerprint density at radius 2 is 2.35 bits per heavy atom. The maximum absolute atomic E-state index is 11.1. The van der Waals surface area contributed by atoms with Crippen LogP contribution in [-0.2, 0) is 10.8 Å². The fourth-order valence-corrected chi connectivity index (χ4v) is 2.57. The molecule has 0 saturated heterocycles. The fraction of sp³-hybridized carbons (Fsp3) is 0.750. The van der Waals surface area contributed by atoms with Crippen molar-refractivity contribution in [2.75, 3.05) is 17.3 Å². The van der Waals surface area contributed by atoms with E-state index >= 15 is 0 Å². The van der Waals surface area contributed by atoms with Crippen LogP contribution in [0.3, 0.4) is 0 Å². The van der Waals surface area contributed by atoms with Crippen LogP contribution in [0.25, 0.3) is 0 Å². The van der Waals surface area contributed by atoms with E-state index in [0.717, 1.165) is 23.8 Å². The lowest BCUT2D eigenvalue weighted by molar-refractivity contribution is 0.673. The smallest absolute Gasteiger partial charge is 0.203 e. The van der Waals surface area contributed by atoms with Gasteiger partial charge in [-0.05, 0) is 33.1 Å². The van der Waals surface area contributed by atoms with Crippen molar-refractivity contribution in [2.24, 2.45) is 0 Å². The number of nitrogens with one attached hydrogen (secondary N) is 1. The molecule has 0 bridgehead atoms. The molecular formula is C12H21N3OS. The first-order valence-electron chi connectivity index (χ1n) is 6.18. The summed E-state index contributed by atoms with van der Waals surface area (Å²) < 4.78 is 13.3. The molecule has 2 atom stereocenters. The number of anilines is 1. The Morgan fingerprint density at radius 3 is 2.94 bits per heavy atom. The summed E-state index contributed by atoms with van der Waals surface area (Å²) >= 11 is 0. The van der Waals surface area contributed by atoms with Crippen LogP contribution in [0.1, 0.15) is 37.9 Å². The average molecular weight is 255 g/mol. The maximum Gasteiger partial charge on any atom is 0.203 e. The maximum atomic E-state index is 11.1. The highest BCUT2D eigenvalue weighted by Gasteiger charge is 2.26. The quantitative estimate of drug-likeness (QED) is 0.846. The zero-order valence-corrected chi connectivity index (χ0v) is 11.6. The van der Waals surface area contributed by atoms with Crippen LogP contribution in [0.15, 0.2) is 6.20 Å². The summed E-state index contributed by atoms with van der Waals surface area (Å²) in [6, 6.07) is 0.962. The molecule has 1 aromatic rings. The second-order valence-corrected chi connectivity index (χ2v) is 6.51. The number of imidazole rings is 1. The highest BCUT2D eigenvalue weighted by atomic mass is 32.2. The summed E-state index contributed by atoms with van der Waals surface area (Å²) in [5, 5.41) is 3.43. The van der Waals surface area contributed by atoms with Gasteiger partial charge in [0.05, 0.1) is 5.69 Å². The van der Waals surface area contributed by atoms with Crippen molar-refractivity contribution in [1.29, 1.82) is 0 Å². The van der Waals surface area contributed by atoms with E-state index in [-0.39, 0.29) is 0 Å². The van der Waals surface area contributed by atoms with Gasteiger partial charge in [0.25, 0.3) is 0 Å². The highest BCUT2D eigenvalue weighted by Crippen LogP contribution is 2.37. The monoisotopic (exact) mass is 255 g/mol. The lowest BCUT2D eigenvalue weighted by atomic mass is 10.3. The molecule has 2 rings (SSSR count). The summed E-state index contributed by atoms with van der Waals surface area (Å²) in [5.41, 5.74) is 1.06. The van der Waals surface area contributed by atoms with Crippen molar-refractivity contribution in [2.45, 2.75) is 45.2 Å². The number of nitrogens with zero attached hydrogens (tertiary/aromatic N) is 2. The van der Waals surface area contributed by atoms with E-state index in [9.17, 15) is 4.21 Å². The topological polar surface area (TPSA) is 46.9 Å². The molecule has 0 radical (unpaired) electrons. The first kappa shape index (κ1) is 12.6. The third-order valence-electron chi connectivity index (χ3n) is 3.01. The summed E-state index contributed by atoms with van der Waals surface area (Å²) in [5.74, 6) is 1.72. The van der Waals surface area contributed by atoms with E-state index in [1.165, 1.54) is 12.8 Å². The predicted octanol–water partition coefficient (Wildman–Crippen LogP) is 2.10. The molecule has 5 heteroatoms. The van der Waals surface area contributed by atoms with Crippen LogP contribution in [0.2, 0.25) is 0 Å². The van der Waals surface area contributed by atoms with E-state index in [2.05, 4.69) is 28.0 Å². The van der Waals surface area contributed by atoms with Gasteiger partial charge in [-0.3, -0.25) is 4.21 Å². The second kappa shape index (κ2) is 5.21. The minimum absolute atomic E-state index is 0.318. The number of aromatic nitrogens is 2. The minimum atomic E-state index is -0.708. The molecule has 1 saturated carbocycles. The van der Waals surface area contributed by atoms with Crippen LogP contribution in [0.5, 0.6) is 0 Å². The fourth-order valence-electron chi connectivity index (χ4n) is 1.89. The summed E-state index contributed by atoms with van der Waals surface area (Å²) in [7, 11) is -0.708. The Balaban J connectivity index is 1.95. The lowest BCUT2D eigenvalue weighted by Gasteiger charge is -2.15. The van der Waals surface area contributed by atoms with Gasteiger partial charge in [-0.2, -0.15) is 0 Å². The van der Waals surface area contributed by atoms with Crippen molar-refractivity contribution < 1.29 is 4.21 Å². The van der Waals surface area contributed by atoms with Gasteiger partial charge in [0, 0.05) is 41.1 Å². The lowest BCUT2D eigenvalue weighted by Crippen LogP contribution is -2.20. The zero-order valence-electron chi connectivity index (χ0n) is 10.8. The standard InChI is InChI=1S/C12H21N3OS/c1-9(6-7-17(3)16)13-12-14-10(2)8-15(12)11-4-5-11/h8-9,11H,4-7H2,1-3H3,(H,13,14). The second-order valence-electron chi connectivity index (χ2n) is 4.96. The number of aryl methyl sites for hydroxylation is 1. The number of hydrogen-bond acceptors (Lipinski definition) is 3. The van der Waals surface area contributed by atoms with Crippen LogP contribution >= 0.6 is 0 Å². The normalized spacial score (nSPS) is 19.0. The third-order valence-corrected chi connectivity index (χ3v) is 3.82. The summed E-state index contributed by atoms with van der Waals surface area (Å²) in [6.45, 7) is 4.14. The summed E-state index contributed by atoms with van der Waals surface area (Å²) in [4.78, 5) is 4.51. The zero-order chi connectivity index (χ0) is 12.4. The molecule has 0 amide bonds. The Hall–Kier alpha value is -0.840. The Bertz CT molecular complexity index is 412. The molecule has 2 unspecified atom stereocenters.